The molecule has 0 saturated carbocycles. The van der Waals surface area contributed by atoms with Crippen LogP contribution in [0, 0.1) is 0 Å². The van der Waals surface area contributed by atoms with E-state index in [9.17, 15) is 9.59 Å². The second-order valence-electron chi connectivity index (χ2n) is 3.07. The minimum absolute atomic E-state index is 0.156. The first-order valence-electron chi connectivity index (χ1n) is 4.08. The first-order chi connectivity index (χ1) is 5.79. The van der Waals surface area contributed by atoms with Crippen LogP contribution in [-0.2, 0) is 9.59 Å². The van der Waals surface area contributed by atoms with Gasteiger partial charge in [-0.3, -0.25) is 9.59 Å². The first-order valence-corrected chi connectivity index (χ1v) is 4.08. The molecule has 12 heavy (non-hydrogen) atoms. The SMILES string of the molecule is O=C1NCC2CNCCN2C1=O. The molecule has 5 heteroatoms. The van der Waals surface area contributed by atoms with Crippen LogP contribution in [0.1, 0.15) is 0 Å². The van der Waals surface area contributed by atoms with E-state index in [1.54, 1.807) is 4.90 Å². The maximum Gasteiger partial charge on any atom is 0.312 e. The molecule has 0 aromatic heterocycles. The summed E-state index contributed by atoms with van der Waals surface area (Å²) in [6, 6.07) is 0.156. The van der Waals surface area contributed by atoms with Gasteiger partial charge >= 0.3 is 11.8 Å². The second kappa shape index (κ2) is 2.75. The normalized spacial score (nSPS) is 29.7. The van der Waals surface area contributed by atoms with Crippen LogP contribution in [0.4, 0.5) is 0 Å². The third-order valence-electron chi connectivity index (χ3n) is 2.30. The van der Waals surface area contributed by atoms with Crippen LogP contribution < -0.4 is 10.6 Å². The number of hydrogen-bond acceptors (Lipinski definition) is 3. The number of nitrogens with zero attached hydrogens (tertiary/aromatic N) is 1. The van der Waals surface area contributed by atoms with Gasteiger partial charge in [0.05, 0.1) is 6.04 Å². The van der Waals surface area contributed by atoms with Crippen molar-refractivity contribution in [1.29, 1.82) is 0 Å². The summed E-state index contributed by atoms with van der Waals surface area (Å²) < 4.78 is 0. The first kappa shape index (κ1) is 7.54. The van der Waals surface area contributed by atoms with Gasteiger partial charge in [0.1, 0.15) is 0 Å². The lowest BCUT2D eigenvalue weighted by molar-refractivity contribution is -0.151. The molecule has 2 heterocycles. The van der Waals surface area contributed by atoms with Crippen LogP contribution in [0.3, 0.4) is 0 Å². The van der Waals surface area contributed by atoms with Crippen LogP contribution in [0.2, 0.25) is 0 Å². The lowest BCUT2D eigenvalue weighted by Gasteiger charge is -2.38. The van der Waals surface area contributed by atoms with Gasteiger partial charge in [0.2, 0.25) is 0 Å². The van der Waals surface area contributed by atoms with E-state index in [0.29, 0.717) is 13.1 Å². The summed E-state index contributed by atoms with van der Waals surface area (Å²) in [5.41, 5.74) is 0. The minimum Gasteiger partial charge on any atom is -0.346 e. The molecule has 0 aliphatic carbocycles. The fraction of sp³-hybridized carbons (Fsp3) is 0.714. The summed E-state index contributed by atoms with van der Waals surface area (Å²) in [7, 11) is 0. The summed E-state index contributed by atoms with van der Waals surface area (Å²) in [6.45, 7) is 2.80. The molecule has 2 fully saturated rings. The van der Waals surface area contributed by atoms with Crippen LogP contribution in [0.15, 0.2) is 0 Å². The number of nitrogens with one attached hydrogen (secondary N) is 2. The third kappa shape index (κ3) is 1.06. The highest BCUT2D eigenvalue weighted by Crippen LogP contribution is 2.06. The Morgan fingerprint density at radius 3 is 3.00 bits per heavy atom. The molecule has 0 bridgehead atoms. The standard InChI is InChI=1S/C7H11N3O2/c11-6-7(12)10-2-1-8-3-5(10)4-9-6/h5,8H,1-4H2,(H,9,11). The van der Waals surface area contributed by atoms with Crippen LogP contribution in [0.5, 0.6) is 0 Å². The van der Waals surface area contributed by atoms with Crippen molar-refractivity contribution in [3.05, 3.63) is 0 Å². The van der Waals surface area contributed by atoms with Crippen LogP contribution >= 0.6 is 0 Å². The molecule has 1 atom stereocenters. The molecule has 2 aliphatic heterocycles. The van der Waals surface area contributed by atoms with Crippen LogP contribution in [0.25, 0.3) is 0 Å². The number of carbonyl (C=O) groups excluding carboxylic acids is 2. The van der Waals surface area contributed by atoms with E-state index in [4.69, 9.17) is 0 Å². The maximum absolute atomic E-state index is 11.2. The lowest BCUT2D eigenvalue weighted by Crippen LogP contribution is -2.64. The quantitative estimate of drug-likeness (QED) is 0.409. The van der Waals surface area contributed by atoms with Crippen LogP contribution in [-0.4, -0.2) is 48.9 Å². The van der Waals surface area contributed by atoms with Crippen molar-refractivity contribution in [1.82, 2.24) is 15.5 Å². The molecule has 2 amide bonds. The summed E-state index contributed by atoms with van der Waals surface area (Å²) in [5, 5.41) is 5.73. The number of piperazine rings is 2. The van der Waals surface area contributed by atoms with E-state index in [1.807, 2.05) is 0 Å². The Hall–Kier alpha value is -1.10. The Morgan fingerprint density at radius 1 is 1.33 bits per heavy atom. The van der Waals surface area contributed by atoms with E-state index in [0.717, 1.165) is 13.1 Å². The smallest absolute Gasteiger partial charge is 0.312 e. The summed E-state index contributed by atoms with van der Waals surface area (Å²) >= 11 is 0. The molecule has 1 unspecified atom stereocenters. The molecule has 66 valence electrons. The van der Waals surface area contributed by atoms with Gasteiger partial charge in [0.25, 0.3) is 0 Å². The Balaban J connectivity index is 2.13. The molecule has 0 radical (unpaired) electrons. The highest BCUT2D eigenvalue weighted by atomic mass is 16.2. The average molecular weight is 169 g/mol. The van der Waals surface area contributed by atoms with E-state index in [-0.39, 0.29) is 11.9 Å². The fourth-order valence-corrected chi connectivity index (χ4v) is 1.63. The van der Waals surface area contributed by atoms with Crippen molar-refractivity contribution in [2.75, 3.05) is 26.2 Å². The van der Waals surface area contributed by atoms with E-state index in [2.05, 4.69) is 10.6 Å². The van der Waals surface area contributed by atoms with E-state index < -0.39 is 5.91 Å². The highest BCUT2D eigenvalue weighted by molar-refractivity contribution is 6.35. The van der Waals surface area contributed by atoms with Gasteiger partial charge in [-0.15, -0.1) is 0 Å². The Bertz CT molecular complexity index is 229. The topological polar surface area (TPSA) is 61.4 Å². The van der Waals surface area contributed by atoms with Gasteiger partial charge in [-0.2, -0.15) is 0 Å². The second-order valence-corrected chi connectivity index (χ2v) is 3.07. The largest absolute Gasteiger partial charge is 0.346 e. The van der Waals surface area contributed by atoms with Gasteiger partial charge in [0, 0.05) is 26.2 Å². The van der Waals surface area contributed by atoms with Crippen molar-refractivity contribution in [3.63, 3.8) is 0 Å². The number of fused-ring (bicyclic) bond motifs is 1. The van der Waals surface area contributed by atoms with Crippen molar-refractivity contribution < 1.29 is 9.59 Å². The monoisotopic (exact) mass is 169 g/mol. The molecule has 0 aromatic carbocycles. The summed E-state index contributed by atoms with van der Waals surface area (Å²) in [4.78, 5) is 23.8. The number of hydrogen-bond donors (Lipinski definition) is 2. The summed E-state index contributed by atoms with van der Waals surface area (Å²) in [5.74, 6) is -0.846. The molecule has 2 saturated heterocycles. The Kier molecular flexibility index (Phi) is 1.73. The Labute approximate surface area is 70.1 Å². The zero-order valence-electron chi connectivity index (χ0n) is 6.67. The van der Waals surface area contributed by atoms with Crippen molar-refractivity contribution >= 4 is 11.8 Å². The number of rotatable bonds is 0. The predicted octanol–water partition coefficient (Wildman–Crippen LogP) is -2.08. The van der Waals surface area contributed by atoms with Gasteiger partial charge in [0.15, 0.2) is 0 Å². The minimum atomic E-state index is -0.465. The van der Waals surface area contributed by atoms with E-state index in [1.165, 1.54) is 0 Å². The van der Waals surface area contributed by atoms with E-state index >= 15 is 0 Å². The van der Waals surface area contributed by atoms with Gasteiger partial charge in [-0.1, -0.05) is 0 Å². The molecular formula is C7H11N3O2. The number of amides is 2. The van der Waals surface area contributed by atoms with Gasteiger partial charge in [-0.05, 0) is 0 Å². The van der Waals surface area contributed by atoms with Crippen molar-refractivity contribution in [2.45, 2.75) is 6.04 Å². The zero-order chi connectivity index (χ0) is 8.55. The molecule has 2 N–H and O–H groups in total. The highest BCUT2D eigenvalue weighted by Gasteiger charge is 2.34. The molecule has 2 aliphatic rings. The maximum atomic E-state index is 11.2. The molecular weight excluding hydrogens is 158 g/mol. The lowest BCUT2D eigenvalue weighted by atomic mass is 10.1. The van der Waals surface area contributed by atoms with Crippen molar-refractivity contribution in [2.24, 2.45) is 0 Å². The summed E-state index contributed by atoms with van der Waals surface area (Å²) in [6.07, 6.45) is 0. The molecule has 0 spiro atoms. The number of carbonyl (C=O) groups is 2. The fourth-order valence-electron chi connectivity index (χ4n) is 1.63. The molecule has 2 rings (SSSR count). The third-order valence-corrected chi connectivity index (χ3v) is 2.30. The zero-order valence-corrected chi connectivity index (χ0v) is 6.67. The Morgan fingerprint density at radius 2 is 2.17 bits per heavy atom. The van der Waals surface area contributed by atoms with Gasteiger partial charge < -0.3 is 15.5 Å². The average Bonchev–Trinajstić information content (AvgIpc) is 2.12. The molecule has 0 aromatic rings. The predicted molar refractivity (Wildman–Crippen MR) is 41.4 cm³/mol. The molecule has 5 nitrogen and oxygen atoms in total. The van der Waals surface area contributed by atoms with Crippen molar-refractivity contribution in [3.8, 4) is 0 Å². The van der Waals surface area contributed by atoms with Gasteiger partial charge in [-0.25, -0.2) is 0 Å².